The maximum atomic E-state index is 14.0. The number of hydrogen-bond acceptors (Lipinski definition) is 4. The number of pyridine rings is 1. The van der Waals surface area contributed by atoms with Crippen molar-refractivity contribution in [3.63, 3.8) is 0 Å². The van der Waals surface area contributed by atoms with E-state index in [0.29, 0.717) is 22.5 Å². The van der Waals surface area contributed by atoms with Crippen LogP contribution in [0.4, 0.5) is 10.2 Å². The van der Waals surface area contributed by atoms with Gasteiger partial charge in [-0.05, 0) is 54.7 Å². The molecule has 1 aliphatic rings. The number of nitrogens with two attached hydrogens (primary N) is 1. The third-order valence-corrected chi connectivity index (χ3v) is 4.30. The minimum Gasteiger partial charge on any atom is -0.382 e. The summed E-state index contributed by atoms with van der Waals surface area (Å²) in [6.07, 6.45) is 6.08. The molecule has 4 nitrogen and oxygen atoms in total. The Morgan fingerprint density at radius 2 is 1.96 bits per heavy atom. The Hall–Kier alpha value is -2.27. The third-order valence-electron chi connectivity index (χ3n) is 4.30. The second kappa shape index (κ2) is 6.69. The molecule has 0 bridgehead atoms. The van der Waals surface area contributed by atoms with Crippen LogP contribution in [0, 0.1) is 11.7 Å². The van der Waals surface area contributed by atoms with E-state index in [9.17, 15) is 4.39 Å². The van der Waals surface area contributed by atoms with Crippen LogP contribution in [-0.2, 0) is 6.42 Å². The lowest BCUT2D eigenvalue weighted by atomic mass is 10.0. The van der Waals surface area contributed by atoms with Gasteiger partial charge in [-0.3, -0.25) is 0 Å². The van der Waals surface area contributed by atoms with Crippen LogP contribution in [0.1, 0.15) is 24.8 Å². The Balaban J connectivity index is 0.00000169. The van der Waals surface area contributed by atoms with Gasteiger partial charge in [0.2, 0.25) is 0 Å². The highest BCUT2D eigenvalue weighted by Crippen LogP contribution is 2.34. The Bertz CT molecular complexity index is 880. The molecular weight excluding hydrogens is 327 g/mol. The van der Waals surface area contributed by atoms with Gasteiger partial charge < -0.3 is 5.73 Å². The molecule has 1 aliphatic carbocycles. The highest BCUT2D eigenvalue weighted by Gasteiger charge is 2.20. The van der Waals surface area contributed by atoms with E-state index in [1.807, 2.05) is 18.2 Å². The average Bonchev–Trinajstić information content (AvgIpc) is 3.37. The molecule has 124 valence electrons. The number of fused-ring (bicyclic) bond motifs is 1. The van der Waals surface area contributed by atoms with Crippen molar-refractivity contribution < 1.29 is 4.39 Å². The first-order valence-corrected chi connectivity index (χ1v) is 7.86. The summed E-state index contributed by atoms with van der Waals surface area (Å²) in [4.78, 5) is 12.6. The molecule has 0 aliphatic heterocycles. The van der Waals surface area contributed by atoms with Crippen LogP contribution in [0.25, 0.3) is 22.3 Å². The van der Waals surface area contributed by atoms with E-state index in [4.69, 9.17) is 5.73 Å². The van der Waals surface area contributed by atoms with Gasteiger partial charge in [0.15, 0.2) is 5.82 Å². The summed E-state index contributed by atoms with van der Waals surface area (Å²) in [5.41, 5.74) is 9.57. The van der Waals surface area contributed by atoms with Crippen molar-refractivity contribution in [1.29, 1.82) is 0 Å². The number of hydrogen-bond donors (Lipinski definition) is 1. The van der Waals surface area contributed by atoms with Crippen molar-refractivity contribution in [1.82, 2.24) is 15.0 Å². The molecule has 0 atom stereocenters. The quantitative estimate of drug-likeness (QED) is 0.771. The average molecular weight is 345 g/mol. The molecule has 2 N–H and O–H groups in total. The summed E-state index contributed by atoms with van der Waals surface area (Å²) in [5, 5.41) is 0. The van der Waals surface area contributed by atoms with Crippen molar-refractivity contribution >= 4 is 29.3 Å². The lowest BCUT2D eigenvalue weighted by molar-refractivity contribution is 0.623. The van der Waals surface area contributed by atoms with E-state index in [0.717, 1.165) is 29.9 Å². The van der Waals surface area contributed by atoms with Crippen molar-refractivity contribution in [3.05, 3.63) is 48.0 Å². The molecule has 1 aromatic carbocycles. The number of benzene rings is 1. The number of halogens is 2. The zero-order chi connectivity index (χ0) is 15.8. The molecule has 1 fully saturated rings. The van der Waals surface area contributed by atoms with E-state index in [-0.39, 0.29) is 18.2 Å². The number of rotatable bonds is 4. The summed E-state index contributed by atoms with van der Waals surface area (Å²) in [6, 6.07) is 8.82. The zero-order valence-corrected chi connectivity index (χ0v) is 13.9. The molecule has 0 unspecified atom stereocenters. The van der Waals surface area contributed by atoms with E-state index < -0.39 is 0 Å². The van der Waals surface area contributed by atoms with Crippen LogP contribution in [0.15, 0.2) is 36.7 Å². The van der Waals surface area contributed by atoms with Gasteiger partial charge in [0.1, 0.15) is 17.7 Å². The van der Waals surface area contributed by atoms with Crippen LogP contribution in [0.3, 0.4) is 0 Å². The van der Waals surface area contributed by atoms with Crippen molar-refractivity contribution in [2.75, 3.05) is 5.73 Å². The summed E-state index contributed by atoms with van der Waals surface area (Å²) in [5.74, 6) is 0.937. The molecule has 24 heavy (non-hydrogen) atoms. The van der Waals surface area contributed by atoms with E-state index in [1.54, 1.807) is 6.07 Å². The number of aromatic nitrogens is 3. The third kappa shape index (κ3) is 3.46. The van der Waals surface area contributed by atoms with Gasteiger partial charge in [-0.25, -0.2) is 19.3 Å². The molecule has 0 saturated heterocycles. The smallest absolute Gasteiger partial charge is 0.153 e. The first kappa shape index (κ1) is 16.6. The van der Waals surface area contributed by atoms with Crippen LogP contribution >= 0.6 is 12.4 Å². The maximum Gasteiger partial charge on any atom is 0.153 e. The predicted octanol–water partition coefficient (Wildman–Crippen LogP) is 4.18. The van der Waals surface area contributed by atoms with E-state index in [2.05, 4.69) is 15.0 Å². The lowest BCUT2D eigenvalue weighted by Gasteiger charge is -2.07. The maximum absolute atomic E-state index is 14.0. The molecule has 1 saturated carbocycles. The fourth-order valence-corrected chi connectivity index (χ4v) is 2.84. The second-order valence-electron chi connectivity index (χ2n) is 6.15. The summed E-state index contributed by atoms with van der Waals surface area (Å²) in [7, 11) is 0. The first-order valence-electron chi connectivity index (χ1n) is 7.86. The van der Waals surface area contributed by atoms with Gasteiger partial charge in [-0.1, -0.05) is 12.8 Å². The standard InChI is InChI=1S/C18H17FN4.ClH/c19-14-8-12(4-3-11-1-2-11)7-13(9-14)15-5-6-16-17(23-15)18(20)22-10-21-16;/h5-11H,1-4H2,(H2,20,21,22);1H. The number of nitrogen functional groups attached to an aromatic ring is 1. The molecular formula is C18H18ClFN4. The fraction of sp³-hybridized carbons (Fsp3) is 0.278. The molecule has 0 radical (unpaired) electrons. The molecule has 2 heterocycles. The number of nitrogens with zero attached hydrogens (tertiary/aromatic N) is 3. The molecule has 0 amide bonds. The largest absolute Gasteiger partial charge is 0.382 e. The van der Waals surface area contributed by atoms with Gasteiger partial charge in [-0.2, -0.15) is 0 Å². The normalized spacial score (nSPS) is 13.7. The second-order valence-corrected chi connectivity index (χ2v) is 6.15. The fourth-order valence-electron chi connectivity index (χ4n) is 2.84. The van der Waals surface area contributed by atoms with Crippen molar-refractivity contribution in [2.24, 2.45) is 5.92 Å². The lowest BCUT2D eigenvalue weighted by Crippen LogP contribution is -1.97. The number of aryl methyl sites for hydroxylation is 1. The highest BCUT2D eigenvalue weighted by molar-refractivity contribution is 5.86. The molecule has 6 heteroatoms. The van der Waals surface area contributed by atoms with Gasteiger partial charge >= 0.3 is 0 Å². The molecule has 0 spiro atoms. The van der Waals surface area contributed by atoms with E-state index in [1.165, 1.54) is 25.2 Å². The highest BCUT2D eigenvalue weighted by atomic mass is 35.5. The van der Waals surface area contributed by atoms with Crippen LogP contribution < -0.4 is 5.73 Å². The van der Waals surface area contributed by atoms with Crippen LogP contribution in [0.2, 0.25) is 0 Å². The molecule has 3 aromatic rings. The Morgan fingerprint density at radius 1 is 1.12 bits per heavy atom. The SMILES string of the molecule is Cl.Nc1ncnc2ccc(-c3cc(F)cc(CCC4CC4)c3)nc12. The van der Waals surface area contributed by atoms with Crippen LogP contribution in [0.5, 0.6) is 0 Å². The van der Waals surface area contributed by atoms with Crippen molar-refractivity contribution in [3.8, 4) is 11.3 Å². The Labute approximate surface area is 145 Å². The Kier molecular flexibility index (Phi) is 4.62. The molecule has 2 aromatic heterocycles. The summed E-state index contributed by atoms with van der Waals surface area (Å²) >= 11 is 0. The summed E-state index contributed by atoms with van der Waals surface area (Å²) in [6.45, 7) is 0. The predicted molar refractivity (Wildman–Crippen MR) is 95.4 cm³/mol. The minimum atomic E-state index is -0.229. The van der Waals surface area contributed by atoms with Crippen molar-refractivity contribution in [2.45, 2.75) is 25.7 Å². The zero-order valence-electron chi connectivity index (χ0n) is 13.1. The minimum absolute atomic E-state index is 0. The van der Waals surface area contributed by atoms with Gasteiger partial charge in [0.05, 0.1) is 11.2 Å². The summed E-state index contributed by atoms with van der Waals surface area (Å²) < 4.78 is 14.0. The van der Waals surface area contributed by atoms with Gasteiger partial charge in [0, 0.05) is 5.56 Å². The van der Waals surface area contributed by atoms with Crippen LogP contribution in [-0.4, -0.2) is 15.0 Å². The number of anilines is 1. The topological polar surface area (TPSA) is 64.7 Å². The van der Waals surface area contributed by atoms with Gasteiger partial charge in [0.25, 0.3) is 0 Å². The first-order chi connectivity index (χ1) is 11.2. The van der Waals surface area contributed by atoms with E-state index >= 15 is 0 Å². The molecule has 4 rings (SSSR count). The Morgan fingerprint density at radius 3 is 2.75 bits per heavy atom. The monoisotopic (exact) mass is 344 g/mol. The van der Waals surface area contributed by atoms with Gasteiger partial charge in [-0.15, -0.1) is 12.4 Å².